The summed E-state index contributed by atoms with van der Waals surface area (Å²) in [6.07, 6.45) is 2.33. The maximum atomic E-state index is 4.06. The van der Waals surface area contributed by atoms with Crippen LogP contribution in [0.25, 0.3) is 11.3 Å². The van der Waals surface area contributed by atoms with Crippen molar-refractivity contribution >= 4 is 11.5 Å². The molecule has 2 rings (SSSR count). The maximum absolute atomic E-state index is 4.06. The van der Waals surface area contributed by atoms with Crippen molar-refractivity contribution in [3.63, 3.8) is 0 Å². The lowest BCUT2D eigenvalue weighted by Gasteiger charge is -2.08. The topological polar surface area (TPSA) is 29.0 Å². The van der Waals surface area contributed by atoms with Gasteiger partial charge in [0.15, 0.2) is 0 Å². The average Bonchev–Trinajstić information content (AvgIpc) is 2.83. The Morgan fingerprint density at radius 3 is 2.53 bits per heavy atom. The van der Waals surface area contributed by atoms with Crippen LogP contribution in [0, 0.1) is 0 Å². The van der Waals surface area contributed by atoms with E-state index in [0.717, 1.165) is 24.2 Å². The highest BCUT2D eigenvalue weighted by atomic mass is 32.1. The Morgan fingerprint density at radius 2 is 1.94 bits per heavy atom. The molecule has 2 aromatic rings. The number of hydrogen-bond acceptors (Lipinski definition) is 4. The van der Waals surface area contributed by atoms with E-state index in [0.29, 0.717) is 0 Å². The molecule has 0 amide bonds. The van der Waals surface area contributed by atoms with Gasteiger partial charge in [0.05, 0.1) is 0 Å². The van der Waals surface area contributed by atoms with Crippen molar-refractivity contribution in [1.82, 2.24) is 14.5 Å². The van der Waals surface area contributed by atoms with Gasteiger partial charge in [-0.1, -0.05) is 28.8 Å². The summed E-state index contributed by atoms with van der Waals surface area (Å²) in [5, 5.41) is 6.04. The molecule has 0 spiro atoms. The van der Waals surface area contributed by atoms with Crippen LogP contribution in [0.1, 0.15) is 12.0 Å². The van der Waals surface area contributed by atoms with E-state index in [1.807, 2.05) is 5.38 Å². The Kier molecular flexibility index (Phi) is 4.23. The molecule has 0 unspecified atom stereocenters. The second-order valence-corrected chi connectivity index (χ2v) is 5.00. The van der Waals surface area contributed by atoms with Gasteiger partial charge in [-0.2, -0.15) is 0 Å². The fourth-order valence-corrected chi connectivity index (χ4v) is 2.20. The van der Waals surface area contributed by atoms with E-state index in [4.69, 9.17) is 0 Å². The molecular formula is C13H17N3S. The fourth-order valence-electron chi connectivity index (χ4n) is 1.73. The van der Waals surface area contributed by atoms with E-state index in [9.17, 15) is 0 Å². The molecule has 1 heterocycles. The van der Waals surface area contributed by atoms with Gasteiger partial charge in [0.2, 0.25) is 0 Å². The molecule has 0 aliphatic carbocycles. The summed E-state index contributed by atoms with van der Waals surface area (Å²) >= 11 is 1.39. The molecule has 0 fully saturated rings. The Labute approximate surface area is 106 Å². The highest BCUT2D eigenvalue weighted by molar-refractivity contribution is 7.03. The van der Waals surface area contributed by atoms with Crippen LogP contribution in [0.15, 0.2) is 29.6 Å². The summed E-state index contributed by atoms with van der Waals surface area (Å²) in [6.45, 7) is 1.14. The number of nitrogens with zero attached hydrogens (tertiary/aromatic N) is 3. The molecule has 0 aliphatic rings. The second-order valence-electron chi connectivity index (χ2n) is 4.39. The predicted octanol–water partition coefficient (Wildman–Crippen LogP) is 2.70. The van der Waals surface area contributed by atoms with Gasteiger partial charge in [-0.3, -0.25) is 0 Å². The largest absolute Gasteiger partial charge is 0.309 e. The lowest BCUT2D eigenvalue weighted by atomic mass is 10.1. The Balaban J connectivity index is 1.94. The molecule has 17 heavy (non-hydrogen) atoms. The molecule has 0 bridgehead atoms. The van der Waals surface area contributed by atoms with Crippen LogP contribution in [0.3, 0.4) is 0 Å². The van der Waals surface area contributed by atoms with Crippen molar-refractivity contribution in [2.75, 3.05) is 20.6 Å². The number of aromatic nitrogens is 2. The zero-order chi connectivity index (χ0) is 12.1. The molecule has 1 aromatic heterocycles. The quantitative estimate of drug-likeness (QED) is 0.813. The summed E-state index contributed by atoms with van der Waals surface area (Å²) in [5.74, 6) is 0. The van der Waals surface area contributed by atoms with E-state index in [1.165, 1.54) is 23.5 Å². The third-order valence-electron chi connectivity index (χ3n) is 2.68. The Morgan fingerprint density at radius 1 is 1.18 bits per heavy atom. The van der Waals surface area contributed by atoms with Crippen LogP contribution < -0.4 is 0 Å². The lowest BCUT2D eigenvalue weighted by molar-refractivity contribution is 0.400. The first kappa shape index (κ1) is 12.2. The molecule has 0 aliphatic heterocycles. The van der Waals surface area contributed by atoms with Gasteiger partial charge in [0.1, 0.15) is 5.69 Å². The first-order valence-corrected chi connectivity index (χ1v) is 6.60. The number of benzene rings is 1. The lowest BCUT2D eigenvalue weighted by Crippen LogP contribution is -2.13. The summed E-state index contributed by atoms with van der Waals surface area (Å²) < 4.78 is 3.88. The van der Waals surface area contributed by atoms with Crippen molar-refractivity contribution < 1.29 is 0 Å². The molecule has 0 N–H and O–H groups in total. The van der Waals surface area contributed by atoms with E-state index < -0.39 is 0 Å². The highest BCUT2D eigenvalue weighted by Crippen LogP contribution is 2.18. The number of rotatable bonds is 5. The van der Waals surface area contributed by atoms with Crippen LogP contribution in [0.4, 0.5) is 0 Å². The monoisotopic (exact) mass is 247 g/mol. The van der Waals surface area contributed by atoms with E-state index >= 15 is 0 Å². The number of aryl methyl sites for hydroxylation is 1. The smallest absolute Gasteiger partial charge is 0.105 e. The minimum Gasteiger partial charge on any atom is -0.309 e. The fraction of sp³-hybridized carbons (Fsp3) is 0.385. The van der Waals surface area contributed by atoms with Gasteiger partial charge < -0.3 is 4.90 Å². The van der Waals surface area contributed by atoms with Gasteiger partial charge >= 0.3 is 0 Å². The van der Waals surface area contributed by atoms with Crippen LogP contribution in [-0.4, -0.2) is 35.1 Å². The number of hydrogen-bond donors (Lipinski definition) is 0. The molecule has 0 radical (unpaired) electrons. The summed E-state index contributed by atoms with van der Waals surface area (Å²) in [5.41, 5.74) is 3.50. The normalized spacial score (nSPS) is 11.0. The SMILES string of the molecule is CN(C)CCCc1ccc(-c2csnn2)cc1. The van der Waals surface area contributed by atoms with E-state index in [1.54, 1.807) is 0 Å². The van der Waals surface area contributed by atoms with E-state index in [2.05, 4.69) is 52.8 Å². The van der Waals surface area contributed by atoms with Gasteiger partial charge in [-0.25, -0.2) is 0 Å². The van der Waals surface area contributed by atoms with Crippen LogP contribution >= 0.6 is 11.5 Å². The zero-order valence-electron chi connectivity index (χ0n) is 10.3. The van der Waals surface area contributed by atoms with Gasteiger partial charge in [0, 0.05) is 10.9 Å². The molecule has 3 nitrogen and oxygen atoms in total. The molecule has 90 valence electrons. The van der Waals surface area contributed by atoms with Gasteiger partial charge in [-0.05, 0) is 50.6 Å². The molecule has 0 saturated heterocycles. The molecule has 1 aromatic carbocycles. The minimum absolute atomic E-state index is 0.967. The van der Waals surface area contributed by atoms with Crippen molar-refractivity contribution in [2.24, 2.45) is 0 Å². The van der Waals surface area contributed by atoms with Gasteiger partial charge in [-0.15, -0.1) is 5.10 Å². The minimum atomic E-state index is 0.967. The highest BCUT2D eigenvalue weighted by Gasteiger charge is 2.01. The molecular weight excluding hydrogens is 230 g/mol. The summed E-state index contributed by atoms with van der Waals surface area (Å²) in [6, 6.07) is 8.62. The Hall–Kier alpha value is -1.26. The third kappa shape index (κ3) is 3.61. The van der Waals surface area contributed by atoms with Crippen LogP contribution in [0.5, 0.6) is 0 Å². The van der Waals surface area contributed by atoms with Gasteiger partial charge in [0.25, 0.3) is 0 Å². The van der Waals surface area contributed by atoms with E-state index in [-0.39, 0.29) is 0 Å². The van der Waals surface area contributed by atoms with Crippen molar-refractivity contribution in [3.8, 4) is 11.3 Å². The maximum Gasteiger partial charge on any atom is 0.105 e. The predicted molar refractivity (Wildman–Crippen MR) is 72.2 cm³/mol. The zero-order valence-corrected chi connectivity index (χ0v) is 11.1. The third-order valence-corrected chi connectivity index (χ3v) is 3.19. The summed E-state index contributed by atoms with van der Waals surface area (Å²) in [7, 11) is 4.22. The summed E-state index contributed by atoms with van der Waals surface area (Å²) in [4.78, 5) is 2.22. The molecule has 0 saturated carbocycles. The van der Waals surface area contributed by atoms with Crippen LogP contribution in [-0.2, 0) is 6.42 Å². The first-order valence-electron chi connectivity index (χ1n) is 5.77. The van der Waals surface area contributed by atoms with Crippen molar-refractivity contribution in [2.45, 2.75) is 12.8 Å². The first-order chi connectivity index (χ1) is 8.25. The Bertz CT molecular complexity index is 434. The second kappa shape index (κ2) is 5.89. The van der Waals surface area contributed by atoms with Crippen LogP contribution in [0.2, 0.25) is 0 Å². The van der Waals surface area contributed by atoms with Crippen molar-refractivity contribution in [3.05, 3.63) is 35.2 Å². The standard InChI is InChI=1S/C13H17N3S/c1-16(2)9-3-4-11-5-7-12(8-6-11)13-10-17-15-14-13/h5-8,10H,3-4,9H2,1-2H3. The average molecular weight is 247 g/mol. The van der Waals surface area contributed by atoms with Crippen molar-refractivity contribution in [1.29, 1.82) is 0 Å². The molecule has 4 heteroatoms. The molecule has 0 atom stereocenters.